The minimum Gasteiger partial charge on any atom is -0.293 e. The average Bonchev–Trinajstić information content (AvgIpc) is 2.67. The first-order valence-electron chi connectivity index (χ1n) is 9.79. The van der Waals surface area contributed by atoms with Crippen molar-refractivity contribution >= 4 is 5.78 Å². The summed E-state index contributed by atoms with van der Waals surface area (Å²) in [6, 6.07) is 12.7. The van der Waals surface area contributed by atoms with Crippen LogP contribution in [0, 0.1) is 5.92 Å². The van der Waals surface area contributed by atoms with Crippen molar-refractivity contribution in [1.29, 1.82) is 0 Å². The van der Waals surface area contributed by atoms with E-state index in [1.165, 1.54) is 5.56 Å². The summed E-state index contributed by atoms with van der Waals surface area (Å²) < 4.78 is 38.9. The van der Waals surface area contributed by atoms with Crippen molar-refractivity contribution in [1.82, 2.24) is 9.88 Å². The van der Waals surface area contributed by atoms with Gasteiger partial charge in [-0.3, -0.25) is 14.7 Å². The molecule has 0 spiro atoms. The maximum Gasteiger partial charge on any atom is 0.416 e. The molecule has 4 rings (SSSR count). The van der Waals surface area contributed by atoms with Crippen LogP contribution < -0.4 is 0 Å². The van der Waals surface area contributed by atoms with Gasteiger partial charge in [0.05, 0.1) is 5.56 Å². The largest absolute Gasteiger partial charge is 0.416 e. The summed E-state index contributed by atoms with van der Waals surface area (Å²) in [6.07, 6.45) is 1.21. The maximum atomic E-state index is 13.0. The van der Waals surface area contributed by atoms with E-state index in [1.807, 2.05) is 18.2 Å². The monoisotopic (exact) mass is 388 g/mol. The van der Waals surface area contributed by atoms with Gasteiger partial charge in [0.2, 0.25) is 0 Å². The van der Waals surface area contributed by atoms with Crippen molar-refractivity contribution in [2.75, 3.05) is 0 Å². The van der Waals surface area contributed by atoms with Crippen LogP contribution in [0.2, 0.25) is 0 Å². The minimum absolute atomic E-state index is 0.0607. The minimum atomic E-state index is -4.46. The van der Waals surface area contributed by atoms with Crippen LogP contribution >= 0.6 is 0 Å². The molecule has 2 aromatic rings. The van der Waals surface area contributed by atoms with E-state index in [-0.39, 0.29) is 17.4 Å². The normalized spacial score (nSPS) is 25.5. The number of hydrogen-bond donors (Lipinski definition) is 0. The number of piperidine rings is 2. The quantitative estimate of drug-likeness (QED) is 0.682. The maximum absolute atomic E-state index is 13.0. The first-order chi connectivity index (χ1) is 13.4. The number of Topliss-reactive ketones (excluding diaryl/α,β-unsaturated/α-hetero) is 1. The van der Waals surface area contributed by atoms with Gasteiger partial charge in [-0.1, -0.05) is 36.8 Å². The third kappa shape index (κ3) is 3.97. The van der Waals surface area contributed by atoms with Gasteiger partial charge in [-0.15, -0.1) is 0 Å². The highest BCUT2D eigenvalue weighted by atomic mass is 19.4. The molecule has 6 heteroatoms. The molecule has 2 atom stereocenters. The molecule has 3 heterocycles. The number of alkyl halides is 3. The van der Waals surface area contributed by atoms with Crippen molar-refractivity contribution in [2.45, 2.75) is 56.9 Å². The van der Waals surface area contributed by atoms with E-state index in [4.69, 9.17) is 0 Å². The van der Waals surface area contributed by atoms with Gasteiger partial charge in [-0.25, -0.2) is 0 Å². The number of carbonyl (C=O) groups excluding carboxylic acids is 1. The van der Waals surface area contributed by atoms with E-state index >= 15 is 0 Å². The van der Waals surface area contributed by atoms with Crippen molar-refractivity contribution in [3.05, 3.63) is 65.5 Å². The van der Waals surface area contributed by atoms with Crippen molar-refractivity contribution in [3.63, 3.8) is 0 Å². The topological polar surface area (TPSA) is 33.2 Å². The van der Waals surface area contributed by atoms with Crippen LogP contribution in [0.1, 0.15) is 53.7 Å². The molecular weight excluding hydrogens is 365 g/mol. The Hall–Kier alpha value is -2.21. The molecule has 2 saturated heterocycles. The van der Waals surface area contributed by atoms with Crippen LogP contribution in [0.15, 0.2) is 48.7 Å². The molecule has 1 aromatic carbocycles. The Kier molecular flexibility index (Phi) is 5.23. The number of rotatable bonds is 4. The van der Waals surface area contributed by atoms with Crippen LogP contribution in [0.5, 0.6) is 0 Å². The summed E-state index contributed by atoms with van der Waals surface area (Å²) in [7, 11) is 0. The molecule has 0 amide bonds. The molecule has 3 nitrogen and oxygen atoms in total. The summed E-state index contributed by atoms with van der Waals surface area (Å²) in [5.41, 5.74) is 0.380. The molecule has 0 saturated carbocycles. The molecule has 148 valence electrons. The van der Waals surface area contributed by atoms with E-state index in [0.717, 1.165) is 44.1 Å². The van der Waals surface area contributed by atoms with Gasteiger partial charge in [0.15, 0.2) is 5.78 Å². The molecule has 0 radical (unpaired) electrons. The lowest BCUT2D eigenvalue weighted by Gasteiger charge is -2.48. The molecule has 1 aromatic heterocycles. The van der Waals surface area contributed by atoms with Crippen molar-refractivity contribution in [2.24, 2.45) is 5.92 Å². The summed E-state index contributed by atoms with van der Waals surface area (Å²) in [4.78, 5) is 19.4. The number of pyridine rings is 1. The van der Waals surface area contributed by atoms with Gasteiger partial charge in [0.25, 0.3) is 0 Å². The van der Waals surface area contributed by atoms with Gasteiger partial charge >= 0.3 is 6.18 Å². The van der Waals surface area contributed by atoms with E-state index in [9.17, 15) is 18.0 Å². The summed E-state index contributed by atoms with van der Waals surface area (Å²) >= 11 is 0. The van der Waals surface area contributed by atoms with E-state index in [2.05, 4.69) is 22.0 Å². The van der Waals surface area contributed by atoms with E-state index < -0.39 is 11.7 Å². The SMILES string of the molecule is O=C(c1cc(C(F)(F)F)ccn1)C1CC2CCCC(C1)N2Cc1ccccc1. The predicted octanol–water partition coefficient (Wildman–Crippen LogP) is 5.12. The molecule has 0 aliphatic carbocycles. The fourth-order valence-electron chi connectivity index (χ4n) is 4.70. The van der Waals surface area contributed by atoms with Gasteiger partial charge in [0, 0.05) is 30.7 Å². The van der Waals surface area contributed by atoms with Gasteiger partial charge in [0.1, 0.15) is 5.69 Å². The highest BCUT2D eigenvalue weighted by Gasteiger charge is 2.41. The lowest BCUT2D eigenvalue weighted by Crippen LogP contribution is -2.52. The zero-order valence-electron chi connectivity index (χ0n) is 15.5. The molecular formula is C22H23F3N2O. The Morgan fingerprint density at radius 3 is 2.39 bits per heavy atom. The zero-order valence-corrected chi connectivity index (χ0v) is 15.5. The molecule has 2 bridgehead atoms. The third-order valence-electron chi connectivity index (χ3n) is 6.04. The van der Waals surface area contributed by atoms with Crippen LogP contribution in [-0.4, -0.2) is 27.8 Å². The third-order valence-corrected chi connectivity index (χ3v) is 6.04. The molecule has 28 heavy (non-hydrogen) atoms. The average molecular weight is 388 g/mol. The molecule has 2 aliphatic heterocycles. The highest BCUT2D eigenvalue weighted by molar-refractivity contribution is 5.96. The van der Waals surface area contributed by atoms with Gasteiger partial charge in [-0.2, -0.15) is 13.2 Å². The number of hydrogen-bond acceptors (Lipinski definition) is 3. The molecule has 2 aliphatic rings. The number of halogens is 3. The molecule has 2 fully saturated rings. The number of fused-ring (bicyclic) bond motifs is 2. The Balaban J connectivity index is 1.50. The van der Waals surface area contributed by atoms with Crippen molar-refractivity contribution in [3.8, 4) is 0 Å². The molecule has 0 N–H and O–H groups in total. The fourth-order valence-corrected chi connectivity index (χ4v) is 4.70. The second kappa shape index (κ2) is 7.66. The van der Waals surface area contributed by atoms with Crippen LogP contribution in [0.4, 0.5) is 13.2 Å². The number of carbonyl (C=O) groups is 1. The Bertz CT molecular complexity index is 823. The first kappa shape index (κ1) is 19.1. The summed E-state index contributed by atoms with van der Waals surface area (Å²) in [5, 5.41) is 0. The Morgan fingerprint density at radius 1 is 1.07 bits per heavy atom. The number of benzene rings is 1. The smallest absolute Gasteiger partial charge is 0.293 e. The lowest BCUT2D eigenvalue weighted by atomic mass is 9.76. The number of ketones is 1. The number of aromatic nitrogens is 1. The van der Waals surface area contributed by atoms with Crippen LogP contribution in [0.25, 0.3) is 0 Å². The Morgan fingerprint density at radius 2 is 1.75 bits per heavy atom. The summed E-state index contributed by atoms with van der Waals surface area (Å²) in [5.74, 6) is -0.499. The predicted molar refractivity (Wildman–Crippen MR) is 99.7 cm³/mol. The lowest BCUT2D eigenvalue weighted by molar-refractivity contribution is -0.137. The number of nitrogens with zero attached hydrogens (tertiary/aromatic N) is 2. The zero-order chi connectivity index (χ0) is 19.7. The van der Waals surface area contributed by atoms with Crippen molar-refractivity contribution < 1.29 is 18.0 Å². The van der Waals surface area contributed by atoms with Gasteiger partial charge in [-0.05, 0) is 43.4 Å². The summed E-state index contributed by atoms with van der Waals surface area (Å²) in [6.45, 7) is 0.860. The molecule has 2 unspecified atom stereocenters. The second-order valence-electron chi connectivity index (χ2n) is 7.86. The van der Waals surface area contributed by atoms with E-state index in [1.54, 1.807) is 0 Å². The van der Waals surface area contributed by atoms with Crippen LogP contribution in [0.3, 0.4) is 0 Å². The second-order valence-corrected chi connectivity index (χ2v) is 7.86. The van der Waals surface area contributed by atoms with Crippen LogP contribution in [-0.2, 0) is 12.7 Å². The van der Waals surface area contributed by atoms with Gasteiger partial charge < -0.3 is 0 Å². The Labute approximate surface area is 162 Å². The fraction of sp³-hybridized carbons (Fsp3) is 0.455. The first-order valence-corrected chi connectivity index (χ1v) is 9.79. The standard InChI is InChI=1S/C22H23F3N2O/c23-22(24,25)17-9-10-26-20(13-17)21(28)16-11-18-7-4-8-19(12-16)27(18)14-15-5-2-1-3-6-15/h1-3,5-6,9-10,13,16,18-19H,4,7-8,11-12,14H2. The highest BCUT2D eigenvalue weighted by Crippen LogP contribution is 2.39. The van der Waals surface area contributed by atoms with E-state index in [0.29, 0.717) is 24.9 Å².